The molecule has 0 aliphatic carbocycles. The molecule has 2 aromatic rings. The predicted octanol–water partition coefficient (Wildman–Crippen LogP) is 3.75. The van der Waals surface area contributed by atoms with E-state index in [2.05, 4.69) is 9.80 Å². The summed E-state index contributed by atoms with van der Waals surface area (Å²) >= 11 is 7.71. The number of halogens is 2. The number of β-amino-alcohol motifs (C(OH)–C–C–N with tert-alkyl or cyclic N) is 1. The van der Waals surface area contributed by atoms with Gasteiger partial charge < -0.3 is 10.0 Å². The summed E-state index contributed by atoms with van der Waals surface area (Å²) in [5.74, 6) is 0.434. The number of benzene rings is 2. The van der Waals surface area contributed by atoms with E-state index in [9.17, 15) is 9.50 Å². The van der Waals surface area contributed by atoms with Crippen LogP contribution in [0.25, 0.3) is 0 Å². The van der Waals surface area contributed by atoms with Crippen LogP contribution in [0.3, 0.4) is 0 Å². The molecule has 0 radical (unpaired) electrons. The van der Waals surface area contributed by atoms with Crippen LogP contribution < -0.4 is 4.90 Å². The zero-order valence-corrected chi connectivity index (χ0v) is 15.5. The molecule has 3 nitrogen and oxygen atoms in total. The van der Waals surface area contributed by atoms with Crippen molar-refractivity contribution in [1.29, 1.82) is 0 Å². The van der Waals surface area contributed by atoms with Crippen molar-refractivity contribution in [3.8, 4) is 0 Å². The number of aliphatic hydroxyl groups excluding tert-OH is 1. The maximum Gasteiger partial charge on any atom is 0.146 e. The van der Waals surface area contributed by atoms with E-state index in [0.717, 1.165) is 36.1 Å². The zero-order chi connectivity index (χ0) is 17.6. The maximum absolute atomic E-state index is 13.9. The van der Waals surface area contributed by atoms with E-state index in [1.165, 1.54) is 6.07 Å². The van der Waals surface area contributed by atoms with Crippen molar-refractivity contribution in [3.63, 3.8) is 0 Å². The number of rotatable bonds is 6. The molecule has 0 spiro atoms. The van der Waals surface area contributed by atoms with Crippen LogP contribution in [-0.4, -0.2) is 54.6 Å². The molecule has 0 saturated carbocycles. The first kappa shape index (κ1) is 18.5. The first-order valence-electron chi connectivity index (χ1n) is 8.40. The summed E-state index contributed by atoms with van der Waals surface area (Å²) in [5.41, 5.74) is 0.664. The summed E-state index contributed by atoms with van der Waals surface area (Å²) in [4.78, 5) is 5.29. The highest BCUT2D eigenvalue weighted by molar-refractivity contribution is 7.99. The number of para-hydroxylation sites is 1. The van der Waals surface area contributed by atoms with Gasteiger partial charge in [-0.15, -0.1) is 11.8 Å². The van der Waals surface area contributed by atoms with Crippen molar-refractivity contribution in [2.24, 2.45) is 0 Å². The summed E-state index contributed by atoms with van der Waals surface area (Å²) in [6.45, 7) is 3.81. The highest BCUT2D eigenvalue weighted by atomic mass is 35.5. The van der Waals surface area contributed by atoms with Gasteiger partial charge in [0.15, 0.2) is 0 Å². The molecule has 3 rings (SSSR count). The van der Waals surface area contributed by atoms with Crippen molar-refractivity contribution >= 4 is 29.1 Å². The molecular formula is C19H22ClFN2OS. The highest BCUT2D eigenvalue weighted by Crippen LogP contribution is 2.27. The molecule has 0 bridgehead atoms. The standard InChI is InChI=1S/C19H22ClFN2OS/c20-16-5-1-4-8-19(16)25-14-15(24)13-22-9-11-23(12-10-22)18-7-3-2-6-17(18)21/h1-8,15,24H,9-14H2/t15-/m0/s1. The number of hydrogen-bond acceptors (Lipinski definition) is 4. The van der Waals surface area contributed by atoms with Gasteiger partial charge in [-0.3, -0.25) is 4.90 Å². The number of anilines is 1. The lowest BCUT2D eigenvalue weighted by molar-refractivity contribution is 0.126. The first-order chi connectivity index (χ1) is 12.1. The smallest absolute Gasteiger partial charge is 0.146 e. The highest BCUT2D eigenvalue weighted by Gasteiger charge is 2.21. The molecule has 1 aliphatic rings. The van der Waals surface area contributed by atoms with Gasteiger partial charge in [-0.1, -0.05) is 35.9 Å². The van der Waals surface area contributed by atoms with Gasteiger partial charge in [0.1, 0.15) is 5.82 Å². The largest absolute Gasteiger partial charge is 0.391 e. The third-order valence-electron chi connectivity index (χ3n) is 4.30. The molecule has 1 aliphatic heterocycles. The summed E-state index contributed by atoms with van der Waals surface area (Å²) in [6.07, 6.45) is -0.415. The Bertz CT molecular complexity index is 695. The van der Waals surface area contributed by atoms with Gasteiger partial charge in [0.25, 0.3) is 0 Å². The van der Waals surface area contributed by atoms with Gasteiger partial charge in [-0.05, 0) is 24.3 Å². The third kappa shape index (κ3) is 5.11. The first-order valence-corrected chi connectivity index (χ1v) is 9.77. The number of nitrogens with zero attached hydrogens (tertiary/aromatic N) is 2. The Morgan fingerprint density at radius 1 is 1.04 bits per heavy atom. The lowest BCUT2D eigenvalue weighted by Gasteiger charge is -2.37. The van der Waals surface area contributed by atoms with Crippen molar-refractivity contribution < 1.29 is 9.50 Å². The average Bonchev–Trinajstić information content (AvgIpc) is 2.62. The minimum Gasteiger partial charge on any atom is -0.391 e. The molecule has 6 heteroatoms. The van der Waals surface area contributed by atoms with E-state index >= 15 is 0 Å². The van der Waals surface area contributed by atoms with Gasteiger partial charge >= 0.3 is 0 Å². The molecule has 1 saturated heterocycles. The van der Waals surface area contributed by atoms with Crippen LogP contribution in [0.4, 0.5) is 10.1 Å². The van der Waals surface area contributed by atoms with Crippen LogP contribution >= 0.6 is 23.4 Å². The Morgan fingerprint density at radius 2 is 1.72 bits per heavy atom. The van der Waals surface area contributed by atoms with E-state index in [0.29, 0.717) is 18.0 Å². The Balaban J connectivity index is 1.44. The fraction of sp³-hybridized carbons (Fsp3) is 0.368. The fourth-order valence-corrected chi connectivity index (χ4v) is 4.14. The summed E-state index contributed by atoms with van der Waals surface area (Å²) in [5, 5.41) is 11.0. The second-order valence-electron chi connectivity index (χ2n) is 6.13. The molecule has 134 valence electrons. The van der Waals surface area contributed by atoms with E-state index < -0.39 is 6.10 Å². The van der Waals surface area contributed by atoms with Crippen molar-refractivity contribution in [1.82, 2.24) is 4.90 Å². The summed E-state index contributed by atoms with van der Waals surface area (Å²) < 4.78 is 13.9. The van der Waals surface area contributed by atoms with Crippen LogP contribution in [0.5, 0.6) is 0 Å². The van der Waals surface area contributed by atoms with Crippen LogP contribution in [0.1, 0.15) is 0 Å². The summed E-state index contributed by atoms with van der Waals surface area (Å²) in [6, 6.07) is 14.6. The number of hydrogen-bond donors (Lipinski definition) is 1. The minimum absolute atomic E-state index is 0.174. The molecule has 25 heavy (non-hydrogen) atoms. The van der Waals surface area contributed by atoms with Crippen molar-refractivity contribution in [3.05, 3.63) is 59.4 Å². The van der Waals surface area contributed by atoms with Gasteiger partial charge in [0, 0.05) is 43.4 Å². The molecule has 0 unspecified atom stereocenters. The van der Waals surface area contributed by atoms with E-state index in [1.54, 1.807) is 17.8 Å². The SMILES string of the molecule is O[C@H](CSc1ccccc1Cl)CN1CCN(c2ccccc2F)CC1. The fourth-order valence-electron chi connectivity index (χ4n) is 2.98. The lowest BCUT2D eigenvalue weighted by Crippen LogP contribution is -2.49. The molecule has 0 amide bonds. The van der Waals surface area contributed by atoms with E-state index in [-0.39, 0.29) is 5.82 Å². The van der Waals surface area contributed by atoms with Crippen LogP contribution in [0.2, 0.25) is 5.02 Å². The molecule has 1 atom stereocenters. The lowest BCUT2D eigenvalue weighted by atomic mass is 10.2. The van der Waals surface area contributed by atoms with Crippen LogP contribution in [0, 0.1) is 5.82 Å². The summed E-state index contributed by atoms with van der Waals surface area (Å²) in [7, 11) is 0. The van der Waals surface area contributed by atoms with Gasteiger partial charge in [0.05, 0.1) is 16.8 Å². The van der Waals surface area contributed by atoms with Crippen LogP contribution in [-0.2, 0) is 0 Å². The zero-order valence-electron chi connectivity index (χ0n) is 13.9. The predicted molar refractivity (Wildman–Crippen MR) is 103 cm³/mol. The molecule has 0 aromatic heterocycles. The van der Waals surface area contributed by atoms with Crippen LogP contribution in [0.15, 0.2) is 53.4 Å². The Morgan fingerprint density at radius 3 is 2.44 bits per heavy atom. The Kier molecular flexibility index (Phi) is 6.59. The van der Waals surface area contributed by atoms with Gasteiger partial charge in [-0.25, -0.2) is 4.39 Å². The average molecular weight is 381 g/mol. The minimum atomic E-state index is -0.415. The van der Waals surface area contributed by atoms with Gasteiger partial charge in [0.2, 0.25) is 0 Å². The van der Waals surface area contributed by atoms with E-state index in [4.69, 9.17) is 11.6 Å². The third-order valence-corrected chi connectivity index (χ3v) is 5.96. The Labute approximate surface area is 157 Å². The van der Waals surface area contributed by atoms with Crippen molar-refractivity contribution in [2.45, 2.75) is 11.0 Å². The Hall–Kier alpha value is -1.27. The van der Waals surface area contributed by atoms with Gasteiger partial charge in [-0.2, -0.15) is 0 Å². The monoisotopic (exact) mass is 380 g/mol. The molecule has 1 fully saturated rings. The number of piperazine rings is 1. The molecule has 2 aromatic carbocycles. The maximum atomic E-state index is 13.9. The normalized spacial score (nSPS) is 16.8. The molecule has 1 heterocycles. The second kappa shape index (κ2) is 8.90. The van der Waals surface area contributed by atoms with E-state index in [1.807, 2.05) is 36.4 Å². The quantitative estimate of drug-likeness (QED) is 0.772. The number of aliphatic hydroxyl groups is 1. The molecule has 1 N–H and O–H groups in total. The molecular weight excluding hydrogens is 359 g/mol. The van der Waals surface area contributed by atoms with Crippen molar-refractivity contribution in [2.75, 3.05) is 43.4 Å². The topological polar surface area (TPSA) is 26.7 Å². The second-order valence-corrected chi connectivity index (χ2v) is 7.60. The number of thioether (sulfide) groups is 1.